The molecule has 2 rings (SSSR count). The molecule has 0 spiro atoms. The topological polar surface area (TPSA) is 78.4 Å². The minimum Gasteiger partial charge on any atom is -0.357 e. The summed E-state index contributed by atoms with van der Waals surface area (Å²) in [4.78, 5) is 22.0. The number of amides is 1. The van der Waals surface area contributed by atoms with Crippen molar-refractivity contribution in [1.82, 2.24) is 20.9 Å². The van der Waals surface area contributed by atoms with Gasteiger partial charge in [0.1, 0.15) is 5.01 Å². The second-order valence-electron chi connectivity index (χ2n) is 5.40. The fourth-order valence-electron chi connectivity index (χ4n) is 2.22. The number of hydrogen-bond donors (Lipinski definition) is 3. The van der Waals surface area contributed by atoms with Crippen molar-refractivity contribution in [2.75, 3.05) is 13.6 Å². The molecule has 0 aliphatic carbocycles. The molecule has 0 saturated carbocycles. The van der Waals surface area contributed by atoms with Gasteiger partial charge in [-0.2, -0.15) is 0 Å². The molecule has 25 heavy (non-hydrogen) atoms. The minimum absolute atomic E-state index is 0.0913. The van der Waals surface area contributed by atoms with E-state index in [0.29, 0.717) is 18.7 Å². The van der Waals surface area contributed by atoms with E-state index in [-0.39, 0.29) is 5.91 Å². The lowest BCUT2D eigenvalue weighted by molar-refractivity contribution is 0.0963. The van der Waals surface area contributed by atoms with Crippen molar-refractivity contribution in [2.24, 2.45) is 4.99 Å². The fourth-order valence-corrected chi connectivity index (χ4v) is 3.02. The summed E-state index contributed by atoms with van der Waals surface area (Å²) < 4.78 is 0. The van der Waals surface area contributed by atoms with Crippen LogP contribution in [0, 0.1) is 0 Å². The highest BCUT2D eigenvalue weighted by molar-refractivity contribution is 7.11. The molecule has 3 N–H and O–H groups in total. The molecule has 0 aliphatic rings. The quantitative estimate of drug-likeness (QED) is 0.524. The first-order valence-electron chi connectivity index (χ1n) is 8.43. The van der Waals surface area contributed by atoms with Crippen LogP contribution in [0.2, 0.25) is 0 Å². The van der Waals surface area contributed by atoms with Crippen molar-refractivity contribution >= 4 is 23.2 Å². The average molecular weight is 359 g/mol. The Morgan fingerprint density at radius 2 is 2.12 bits per heavy atom. The summed E-state index contributed by atoms with van der Waals surface area (Å²) in [5.41, 5.74) is 1.63. The lowest BCUT2D eigenvalue weighted by Crippen LogP contribution is -2.36. The van der Waals surface area contributed by atoms with Crippen LogP contribution < -0.4 is 16.0 Å². The second kappa shape index (κ2) is 9.78. The number of nitrogens with one attached hydrogen (secondary N) is 3. The first-order chi connectivity index (χ1) is 12.2. The zero-order valence-corrected chi connectivity index (χ0v) is 15.7. The predicted molar refractivity (Wildman–Crippen MR) is 103 cm³/mol. The molecule has 1 aromatic heterocycles. The number of nitrogens with zero attached hydrogens (tertiary/aromatic N) is 2. The molecular weight excluding hydrogens is 334 g/mol. The van der Waals surface area contributed by atoms with E-state index >= 15 is 0 Å². The van der Waals surface area contributed by atoms with Gasteiger partial charge in [-0.25, -0.2) is 9.98 Å². The van der Waals surface area contributed by atoms with Gasteiger partial charge in [-0.1, -0.05) is 19.1 Å². The molecule has 1 heterocycles. The lowest BCUT2D eigenvalue weighted by atomic mass is 10.1. The van der Waals surface area contributed by atoms with Gasteiger partial charge in [0.05, 0.1) is 13.1 Å². The van der Waals surface area contributed by atoms with Gasteiger partial charge >= 0.3 is 0 Å². The molecular formula is C18H25N5OS. The molecule has 1 amide bonds. The van der Waals surface area contributed by atoms with E-state index in [2.05, 4.69) is 32.9 Å². The van der Waals surface area contributed by atoms with Crippen LogP contribution in [0.25, 0.3) is 0 Å². The Kier molecular flexibility index (Phi) is 7.40. The van der Waals surface area contributed by atoms with Gasteiger partial charge in [-0.3, -0.25) is 4.79 Å². The average Bonchev–Trinajstić information content (AvgIpc) is 3.11. The Morgan fingerprint density at radius 1 is 1.28 bits per heavy atom. The van der Waals surface area contributed by atoms with E-state index in [4.69, 9.17) is 0 Å². The number of carbonyl (C=O) groups is 1. The lowest BCUT2D eigenvalue weighted by Gasteiger charge is -2.10. The third-order valence-electron chi connectivity index (χ3n) is 3.54. The largest absolute Gasteiger partial charge is 0.357 e. The molecule has 0 fully saturated rings. The van der Waals surface area contributed by atoms with Gasteiger partial charge in [0, 0.05) is 30.2 Å². The number of hydrogen-bond acceptors (Lipinski definition) is 4. The summed E-state index contributed by atoms with van der Waals surface area (Å²) >= 11 is 1.71. The van der Waals surface area contributed by atoms with Gasteiger partial charge in [0.2, 0.25) is 0 Å². The Labute approximate surface area is 152 Å². The molecule has 0 unspecified atom stereocenters. The van der Waals surface area contributed by atoms with Crippen LogP contribution >= 0.6 is 11.3 Å². The number of thiazole rings is 1. The summed E-state index contributed by atoms with van der Waals surface area (Å²) in [5, 5.41) is 10.2. The molecule has 0 radical (unpaired) electrons. The molecule has 0 bridgehead atoms. The second-order valence-corrected chi connectivity index (χ2v) is 6.60. The van der Waals surface area contributed by atoms with Crippen LogP contribution in [-0.2, 0) is 19.5 Å². The van der Waals surface area contributed by atoms with Crippen LogP contribution in [-0.4, -0.2) is 30.4 Å². The smallest absolute Gasteiger partial charge is 0.251 e. The van der Waals surface area contributed by atoms with Crippen LogP contribution in [0.1, 0.15) is 39.7 Å². The van der Waals surface area contributed by atoms with Crippen molar-refractivity contribution in [1.29, 1.82) is 0 Å². The standard InChI is InChI=1S/C18H25N5OS/c1-4-15-11-21-16(25-15)12-23-18(20-5-2)22-10-13-7-6-8-14(9-13)17(24)19-3/h6-9,11H,4-5,10,12H2,1-3H3,(H,19,24)(H2,20,22,23). The number of rotatable bonds is 7. The Hall–Kier alpha value is -2.41. The zero-order chi connectivity index (χ0) is 18.1. The van der Waals surface area contributed by atoms with E-state index in [9.17, 15) is 4.79 Å². The summed E-state index contributed by atoms with van der Waals surface area (Å²) in [5.74, 6) is 0.646. The number of benzene rings is 1. The van der Waals surface area contributed by atoms with Crippen LogP contribution in [0.15, 0.2) is 35.5 Å². The zero-order valence-electron chi connectivity index (χ0n) is 14.9. The molecule has 7 heteroatoms. The predicted octanol–water partition coefficient (Wildman–Crippen LogP) is 2.32. The number of carbonyl (C=O) groups excluding carboxylic acids is 1. The monoisotopic (exact) mass is 359 g/mol. The van der Waals surface area contributed by atoms with Crippen molar-refractivity contribution in [2.45, 2.75) is 33.4 Å². The first kappa shape index (κ1) is 18.9. The van der Waals surface area contributed by atoms with Crippen molar-refractivity contribution in [3.8, 4) is 0 Å². The van der Waals surface area contributed by atoms with E-state index < -0.39 is 0 Å². The molecule has 0 atom stereocenters. The van der Waals surface area contributed by atoms with Crippen molar-refractivity contribution in [3.63, 3.8) is 0 Å². The number of aryl methyl sites for hydroxylation is 1. The number of guanidine groups is 1. The van der Waals surface area contributed by atoms with Crippen LogP contribution in [0.3, 0.4) is 0 Å². The fraction of sp³-hybridized carbons (Fsp3) is 0.389. The minimum atomic E-state index is -0.0913. The molecule has 0 aliphatic heterocycles. The Balaban J connectivity index is 2.00. The Bertz CT molecular complexity index is 726. The van der Waals surface area contributed by atoms with Gasteiger partial charge in [-0.15, -0.1) is 11.3 Å². The normalized spacial score (nSPS) is 11.2. The maximum Gasteiger partial charge on any atom is 0.251 e. The molecule has 6 nitrogen and oxygen atoms in total. The van der Waals surface area contributed by atoms with Crippen LogP contribution in [0.4, 0.5) is 0 Å². The van der Waals surface area contributed by atoms with Gasteiger partial charge in [-0.05, 0) is 31.0 Å². The summed E-state index contributed by atoms with van der Waals surface area (Å²) in [6.45, 7) is 6.08. The van der Waals surface area contributed by atoms with E-state index in [0.717, 1.165) is 29.5 Å². The van der Waals surface area contributed by atoms with E-state index in [1.807, 2.05) is 31.3 Å². The van der Waals surface area contributed by atoms with Gasteiger partial charge < -0.3 is 16.0 Å². The summed E-state index contributed by atoms with van der Waals surface area (Å²) in [6, 6.07) is 7.50. The number of aliphatic imine (C=N–C) groups is 1. The molecule has 0 saturated heterocycles. The Morgan fingerprint density at radius 3 is 2.80 bits per heavy atom. The van der Waals surface area contributed by atoms with Crippen LogP contribution in [0.5, 0.6) is 0 Å². The SMILES string of the molecule is CCNC(=NCc1cccc(C(=O)NC)c1)NCc1ncc(CC)s1. The molecule has 1 aromatic carbocycles. The van der Waals surface area contributed by atoms with Gasteiger partial charge in [0.15, 0.2) is 5.96 Å². The highest BCUT2D eigenvalue weighted by Gasteiger charge is 2.05. The van der Waals surface area contributed by atoms with Crippen molar-refractivity contribution in [3.05, 3.63) is 51.5 Å². The van der Waals surface area contributed by atoms with E-state index in [1.165, 1.54) is 4.88 Å². The first-order valence-corrected chi connectivity index (χ1v) is 9.24. The van der Waals surface area contributed by atoms with Gasteiger partial charge in [0.25, 0.3) is 5.91 Å². The number of aromatic nitrogens is 1. The highest BCUT2D eigenvalue weighted by atomic mass is 32.1. The summed E-state index contributed by atoms with van der Waals surface area (Å²) in [6.07, 6.45) is 2.93. The maximum absolute atomic E-state index is 11.7. The molecule has 134 valence electrons. The maximum atomic E-state index is 11.7. The third-order valence-corrected chi connectivity index (χ3v) is 4.68. The highest BCUT2D eigenvalue weighted by Crippen LogP contribution is 2.12. The molecule has 2 aromatic rings. The van der Waals surface area contributed by atoms with E-state index in [1.54, 1.807) is 24.5 Å². The van der Waals surface area contributed by atoms with Crippen molar-refractivity contribution < 1.29 is 4.79 Å². The summed E-state index contributed by atoms with van der Waals surface area (Å²) in [7, 11) is 1.63. The third kappa shape index (κ3) is 5.86.